The van der Waals surface area contributed by atoms with Crippen LogP contribution in [0.1, 0.15) is 24.6 Å². The van der Waals surface area contributed by atoms with Gasteiger partial charge < -0.3 is 15.0 Å². The summed E-state index contributed by atoms with van der Waals surface area (Å²) in [7, 11) is 0. The fourth-order valence-corrected chi connectivity index (χ4v) is 2.06. The van der Waals surface area contributed by atoms with Gasteiger partial charge in [0.15, 0.2) is 0 Å². The molecule has 1 aliphatic rings. The number of aliphatic hydroxyl groups excluding tert-OH is 1. The van der Waals surface area contributed by atoms with Crippen LogP contribution in [0.4, 0.5) is 0 Å². The number of nitrogens with zero attached hydrogens (tertiary/aromatic N) is 2. The molecule has 2 rings (SSSR count). The first kappa shape index (κ1) is 9.68. The molecule has 4 nitrogen and oxygen atoms in total. The van der Waals surface area contributed by atoms with Gasteiger partial charge in [0.05, 0.1) is 6.61 Å². The summed E-state index contributed by atoms with van der Waals surface area (Å²) < 4.78 is 2.07. The second-order valence-electron chi connectivity index (χ2n) is 3.73. The molecular weight excluding hydrogens is 178 g/mol. The molecule has 1 aliphatic heterocycles. The summed E-state index contributed by atoms with van der Waals surface area (Å²) in [4.78, 5) is 4.38. The molecule has 1 aromatic rings. The number of piperidine rings is 1. The number of hydrogen-bond acceptors (Lipinski definition) is 3. The second kappa shape index (κ2) is 4.57. The highest BCUT2D eigenvalue weighted by Gasteiger charge is 2.19. The summed E-state index contributed by atoms with van der Waals surface area (Å²) in [5.74, 6) is 1.71. The maximum absolute atomic E-state index is 8.90. The highest BCUT2D eigenvalue weighted by Crippen LogP contribution is 2.23. The van der Waals surface area contributed by atoms with Crippen LogP contribution in [-0.2, 0) is 6.54 Å². The third-order valence-corrected chi connectivity index (χ3v) is 2.79. The lowest BCUT2D eigenvalue weighted by molar-refractivity contribution is 0.271. The van der Waals surface area contributed by atoms with Crippen molar-refractivity contribution in [2.75, 3.05) is 19.7 Å². The molecule has 4 heteroatoms. The van der Waals surface area contributed by atoms with Crippen molar-refractivity contribution >= 4 is 0 Å². The zero-order chi connectivity index (χ0) is 9.80. The molecule has 0 saturated carbocycles. The molecule has 0 amide bonds. The Morgan fingerprint density at radius 2 is 2.29 bits per heavy atom. The number of rotatable bonds is 3. The third kappa shape index (κ3) is 1.96. The summed E-state index contributed by atoms with van der Waals surface area (Å²) in [6.07, 6.45) is 6.09. The lowest BCUT2D eigenvalue weighted by Crippen LogP contribution is -2.28. The van der Waals surface area contributed by atoms with E-state index in [2.05, 4.69) is 14.9 Å². The fraction of sp³-hybridized carbons (Fsp3) is 0.700. The van der Waals surface area contributed by atoms with Gasteiger partial charge in [0.25, 0.3) is 0 Å². The van der Waals surface area contributed by atoms with Gasteiger partial charge in [-0.3, -0.25) is 0 Å². The van der Waals surface area contributed by atoms with E-state index in [0.717, 1.165) is 31.8 Å². The number of nitrogens with one attached hydrogen (secondary N) is 1. The first-order valence-corrected chi connectivity index (χ1v) is 5.24. The van der Waals surface area contributed by atoms with E-state index in [1.807, 2.05) is 12.4 Å². The molecule has 1 saturated heterocycles. The van der Waals surface area contributed by atoms with Gasteiger partial charge in [-0.25, -0.2) is 4.98 Å². The Bertz CT molecular complexity index is 279. The van der Waals surface area contributed by atoms with Gasteiger partial charge in [-0.15, -0.1) is 0 Å². The van der Waals surface area contributed by atoms with Crippen LogP contribution >= 0.6 is 0 Å². The van der Waals surface area contributed by atoms with Gasteiger partial charge in [0, 0.05) is 24.9 Å². The number of aliphatic hydroxyl groups is 1. The minimum atomic E-state index is 0.189. The maximum atomic E-state index is 8.90. The molecule has 0 unspecified atom stereocenters. The molecular formula is C10H17N3O. The van der Waals surface area contributed by atoms with Crippen LogP contribution in [0.15, 0.2) is 12.4 Å². The number of imidazole rings is 1. The van der Waals surface area contributed by atoms with E-state index in [1.165, 1.54) is 0 Å². The molecule has 2 N–H and O–H groups in total. The Labute approximate surface area is 84.0 Å². The summed E-state index contributed by atoms with van der Waals surface area (Å²) in [6.45, 7) is 3.01. The lowest BCUT2D eigenvalue weighted by Gasteiger charge is -2.22. The highest BCUT2D eigenvalue weighted by molar-refractivity contribution is 5.02. The normalized spacial score (nSPS) is 18.6. The van der Waals surface area contributed by atoms with Crippen molar-refractivity contribution in [2.24, 2.45) is 0 Å². The van der Waals surface area contributed by atoms with Crippen molar-refractivity contribution in [1.82, 2.24) is 14.9 Å². The van der Waals surface area contributed by atoms with Crippen molar-refractivity contribution in [2.45, 2.75) is 25.3 Å². The van der Waals surface area contributed by atoms with Crippen LogP contribution in [0, 0.1) is 0 Å². The van der Waals surface area contributed by atoms with E-state index in [-0.39, 0.29) is 6.61 Å². The standard InChI is InChI=1S/C10H17N3O/c14-8-7-13-6-5-12-10(13)9-1-3-11-4-2-9/h5-6,9,11,14H,1-4,7-8H2. The second-order valence-corrected chi connectivity index (χ2v) is 3.73. The summed E-state index contributed by atoms with van der Waals surface area (Å²) >= 11 is 0. The van der Waals surface area contributed by atoms with Crippen molar-refractivity contribution in [1.29, 1.82) is 0 Å². The highest BCUT2D eigenvalue weighted by atomic mass is 16.3. The van der Waals surface area contributed by atoms with E-state index in [9.17, 15) is 0 Å². The lowest BCUT2D eigenvalue weighted by atomic mass is 9.97. The monoisotopic (exact) mass is 195 g/mol. The fourth-order valence-electron chi connectivity index (χ4n) is 2.06. The predicted octanol–water partition coefficient (Wildman–Crippen LogP) is 0.342. The molecule has 1 fully saturated rings. The Kier molecular flexibility index (Phi) is 3.16. The molecule has 0 aliphatic carbocycles. The van der Waals surface area contributed by atoms with Crippen molar-refractivity contribution in [3.63, 3.8) is 0 Å². The van der Waals surface area contributed by atoms with E-state index in [4.69, 9.17) is 5.11 Å². The summed E-state index contributed by atoms with van der Waals surface area (Å²) in [5.41, 5.74) is 0. The minimum absolute atomic E-state index is 0.189. The van der Waals surface area contributed by atoms with Crippen molar-refractivity contribution < 1.29 is 5.11 Å². The van der Waals surface area contributed by atoms with Gasteiger partial charge in [-0.2, -0.15) is 0 Å². The molecule has 78 valence electrons. The van der Waals surface area contributed by atoms with Gasteiger partial charge in [0.1, 0.15) is 5.82 Å². The number of aromatic nitrogens is 2. The molecule has 0 atom stereocenters. The summed E-state index contributed by atoms with van der Waals surface area (Å²) in [6, 6.07) is 0. The minimum Gasteiger partial charge on any atom is -0.395 e. The van der Waals surface area contributed by atoms with Crippen LogP contribution in [0.5, 0.6) is 0 Å². The van der Waals surface area contributed by atoms with E-state index < -0.39 is 0 Å². The molecule has 0 bridgehead atoms. The quantitative estimate of drug-likeness (QED) is 0.731. The molecule has 0 spiro atoms. The van der Waals surface area contributed by atoms with E-state index >= 15 is 0 Å². The van der Waals surface area contributed by atoms with E-state index in [0.29, 0.717) is 12.5 Å². The zero-order valence-corrected chi connectivity index (χ0v) is 8.32. The average molecular weight is 195 g/mol. The van der Waals surface area contributed by atoms with Gasteiger partial charge in [-0.05, 0) is 25.9 Å². The topological polar surface area (TPSA) is 50.1 Å². The van der Waals surface area contributed by atoms with Crippen LogP contribution < -0.4 is 5.32 Å². The van der Waals surface area contributed by atoms with Crippen LogP contribution in [0.25, 0.3) is 0 Å². The van der Waals surface area contributed by atoms with Crippen LogP contribution in [0.3, 0.4) is 0 Å². The number of hydrogen-bond donors (Lipinski definition) is 2. The third-order valence-electron chi connectivity index (χ3n) is 2.79. The predicted molar refractivity (Wildman–Crippen MR) is 54.2 cm³/mol. The van der Waals surface area contributed by atoms with Gasteiger partial charge >= 0.3 is 0 Å². The zero-order valence-electron chi connectivity index (χ0n) is 8.32. The van der Waals surface area contributed by atoms with Crippen LogP contribution in [-0.4, -0.2) is 34.4 Å². The molecule has 2 heterocycles. The molecule has 0 radical (unpaired) electrons. The SMILES string of the molecule is OCCn1ccnc1C1CCNCC1. The largest absolute Gasteiger partial charge is 0.395 e. The van der Waals surface area contributed by atoms with Crippen molar-refractivity contribution in [3.8, 4) is 0 Å². The Morgan fingerprint density at radius 3 is 3.00 bits per heavy atom. The summed E-state index contributed by atoms with van der Waals surface area (Å²) in [5, 5.41) is 12.2. The Balaban J connectivity index is 2.09. The molecule has 14 heavy (non-hydrogen) atoms. The Hall–Kier alpha value is -0.870. The molecule has 0 aromatic carbocycles. The first-order valence-electron chi connectivity index (χ1n) is 5.24. The molecule has 1 aromatic heterocycles. The average Bonchev–Trinajstić information content (AvgIpc) is 2.68. The van der Waals surface area contributed by atoms with Crippen LogP contribution in [0.2, 0.25) is 0 Å². The maximum Gasteiger partial charge on any atom is 0.111 e. The Morgan fingerprint density at radius 1 is 1.50 bits per heavy atom. The van der Waals surface area contributed by atoms with Gasteiger partial charge in [-0.1, -0.05) is 0 Å². The van der Waals surface area contributed by atoms with E-state index in [1.54, 1.807) is 0 Å². The smallest absolute Gasteiger partial charge is 0.111 e. The van der Waals surface area contributed by atoms with Gasteiger partial charge in [0.2, 0.25) is 0 Å². The first-order chi connectivity index (χ1) is 6.92. The van der Waals surface area contributed by atoms with Crippen molar-refractivity contribution in [3.05, 3.63) is 18.2 Å².